The fraction of sp³-hybridized carbons (Fsp3) is 0.0714. The van der Waals surface area contributed by atoms with Gasteiger partial charge in [-0.15, -0.1) is 0 Å². The van der Waals surface area contributed by atoms with E-state index in [1.807, 2.05) is 18.2 Å². The van der Waals surface area contributed by atoms with E-state index in [4.69, 9.17) is 0 Å². The number of carbonyl (C=O) groups is 1. The van der Waals surface area contributed by atoms with Gasteiger partial charge in [0.15, 0.2) is 0 Å². The van der Waals surface area contributed by atoms with Crippen molar-refractivity contribution < 1.29 is 9.18 Å². The van der Waals surface area contributed by atoms with Crippen LogP contribution in [0, 0.1) is 12.7 Å². The number of aryl methyl sites for hydroxylation is 1. The summed E-state index contributed by atoms with van der Waals surface area (Å²) < 4.78 is 14.0. The predicted octanol–water partition coefficient (Wildman–Crippen LogP) is 4.15. The third-order valence-corrected chi connectivity index (χ3v) is 3.12. The van der Waals surface area contributed by atoms with E-state index in [1.54, 1.807) is 19.1 Å². The maximum Gasteiger partial charge on any atom is 0.255 e. The van der Waals surface area contributed by atoms with E-state index in [0.29, 0.717) is 16.8 Å². The smallest absolute Gasteiger partial charge is 0.255 e. The highest BCUT2D eigenvalue weighted by Gasteiger charge is 2.09. The molecule has 1 N–H and O–H groups in total. The molecule has 0 aromatic heterocycles. The molecular weight excluding hydrogens is 297 g/mol. The molecule has 2 nitrogen and oxygen atoms in total. The summed E-state index contributed by atoms with van der Waals surface area (Å²) in [5.41, 5.74) is 1.68. The zero-order valence-electron chi connectivity index (χ0n) is 9.71. The van der Waals surface area contributed by atoms with Crippen LogP contribution in [0.1, 0.15) is 15.9 Å². The molecule has 0 saturated heterocycles. The second-order valence-corrected chi connectivity index (χ2v) is 4.81. The quantitative estimate of drug-likeness (QED) is 0.887. The first-order chi connectivity index (χ1) is 8.56. The van der Waals surface area contributed by atoms with E-state index in [9.17, 15) is 9.18 Å². The van der Waals surface area contributed by atoms with Crippen molar-refractivity contribution in [3.05, 3.63) is 63.9 Å². The van der Waals surface area contributed by atoms with Crippen LogP contribution in [0.25, 0.3) is 0 Å². The molecule has 0 unspecified atom stereocenters. The first kappa shape index (κ1) is 12.8. The first-order valence-electron chi connectivity index (χ1n) is 5.39. The summed E-state index contributed by atoms with van der Waals surface area (Å²) in [6.07, 6.45) is 0. The fourth-order valence-corrected chi connectivity index (χ4v) is 2.01. The van der Waals surface area contributed by atoms with Crippen LogP contribution in [0.5, 0.6) is 0 Å². The van der Waals surface area contributed by atoms with Gasteiger partial charge in [0.2, 0.25) is 0 Å². The van der Waals surface area contributed by atoms with Crippen molar-refractivity contribution in [3.63, 3.8) is 0 Å². The lowest BCUT2D eigenvalue weighted by molar-refractivity contribution is 0.102. The van der Waals surface area contributed by atoms with E-state index in [1.165, 1.54) is 12.1 Å². The Hall–Kier alpha value is -1.68. The molecule has 0 saturated carbocycles. The summed E-state index contributed by atoms with van der Waals surface area (Å²) in [6.45, 7) is 1.75. The molecular formula is C14H11BrFNO. The van der Waals surface area contributed by atoms with Crippen LogP contribution in [0.2, 0.25) is 0 Å². The van der Waals surface area contributed by atoms with Crippen LogP contribution in [0.4, 0.5) is 10.1 Å². The van der Waals surface area contributed by atoms with Crippen LogP contribution in [-0.2, 0) is 0 Å². The van der Waals surface area contributed by atoms with Gasteiger partial charge >= 0.3 is 0 Å². The number of para-hydroxylation sites is 1. The average molecular weight is 308 g/mol. The number of halogens is 2. The van der Waals surface area contributed by atoms with Crippen molar-refractivity contribution >= 4 is 27.5 Å². The van der Waals surface area contributed by atoms with Gasteiger partial charge in [-0.3, -0.25) is 4.79 Å². The van der Waals surface area contributed by atoms with Gasteiger partial charge in [-0.1, -0.05) is 12.1 Å². The standard InChI is InChI=1S/C14H11BrFNO/c1-9-6-10(8-11(16)7-9)14(18)17-13-5-3-2-4-12(13)15/h2-8H,1H3,(H,17,18). The van der Waals surface area contributed by atoms with E-state index in [-0.39, 0.29) is 5.91 Å². The molecule has 2 aromatic carbocycles. The molecule has 2 rings (SSSR count). The fourth-order valence-electron chi connectivity index (χ4n) is 1.62. The minimum Gasteiger partial charge on any atom is -0.321 e. The summed E-state index contributed by atoms with van der Waals surface area (Å²) in [4.78, 5) is 12.0. The molecule has 0 aliphatic heterocycles. The maximum absolute atomic E-state index is 13.2. The number of benzene rings is 2. The number of amides is 1. The number of nitrogens with one attached hydrogen (secondary N) is 1. The molecule has 0 spiro atoms. The lowest BCUT2D eigenvalue weighted by Gasteiger charge is -2.07. The number of hydrogen-bond donors (Lipinski definition) is 1. The minimum absolute atomic E-state index is 0.309. The Kier molecular flexibility index (Phi) is 3.77. The second kappa shape index (κ2) is 5.31. The third kappa shape index (κ3) is 2.96. The van der Waals surface area contributed by atoms with Gasteiger partial charge in [-0.05, 0) is 58.7 Å². The zero-order chi connectivity index (χ0) is 13.1. The second-order valence-electron chi connectivity index (χ2n) is 3.95. The van der Waals surface area contributed by atoms with E-state index < -0.39 is 5.82 Å². The summed E-state index contributed by atoms with van der Waals surface area (Å²) in [5, 5.41) is 2.73. The van der Waals surface area contributed by atoms with Crippen LogP contribution < -0.4 is 5.32 Å². The molecule has 4 heteroatoms. The van der Waals surface area contributed by atoms with Crippen molar-refractivity contribution in [2.75, 3.05) is 5.32 Å². The highest BCUT2D eigenvalue weighted by atomic mass is 79.9. The summed E-state index contributed by atoms with van der Waals surface area (Å²) in [5.74, 6) is -0.739. The van der Waals surface area contributed by atoms with Crippen molar-refractivity contribution in [2.24, 2.45) is 0 Å². The van der Waals surface area contributed by atoms with E-state index in [2.05, 4.69) is 21.2 Å². The molecule has 92 valence electrons. The molecule has 1 amide bonds. The number of anilines is 1. The van der Waals surface area contributed by atoms with Gasteiger partial charge < -0.3 is 5.32 Å². The normalized spacial score (nSPS) is 10.2. The van der Waals surface area contributed by atoms with Gasteiger partial charge in [0.25, 0.3) is 5.91 Å². The van der Waals surface area contributed by atoms with Crippen LogP contribution >= 0.6 is 15.9 Å². The maximum atomic E-state index is 13.2. The minimum atomic E-state index is -0.410. The third-order valence-electron chi connectivity index (χ3n) is 2.43. The molecule has 0 fully saturated rings. The Balaban J connectivity index is 2.25. The summed E-state index contributed by atoms with van der Waals surface area (Å²) >= 11 is 3.34. The Bertz CT molecular complexity index is 578. The summed E-state index contributed by atoms with van der Waals surface area (Å²) in [6, 6.07) is 11.5. The zero-order valence-corrected chi connectivity index (χ0v) is 11.3. The molecule has 18 heavy (non-hydrogen) atoms. The first-order valence-corrected chi connectivity index (χ1v) is 6.18. The molecule has 2 aromatic rings. The highest BCUT2D eigenvalue weighted by molar-refractivity contribution is 9.10. The van der Waals surface area contributed by atoms with Crippen LogP contribution in [0.3, 0.4) is 0 Å². The van der Waals surface area contributed by atoms with E-state index >= 15 is 0 Å². The Morgan fingerprint density at radius 1 is 1.22 bits per heavy atom. The molecule has 0 aliphatic carbocycles. The highest BCUT2D eigenvalue weighted by Crippen LogP contribution is 2.22. The van der Waals surface area contributed by atoms with Gasteiger partial charge in [0, 0.05) is 10.0 Å². The SMILES string of the molecule is Cc1cc(F)cc(C(=O)Nc2ccccc2Br)c1. The monoisotopic (exact) mass is 307 g/mol. The topological polar surface area (TPSA) is 29.1 Å². The molecule has 0 bridgehead atoms. The number of rotatable bonds is 2. The van der Waals surface area contributed by atoms with Crippen molar-refractivity contribution in [1.29, 1.82) is 0 Å². The van der Waals surface area contributed by atoms with Crippen molar-refractivity contribution in [3.8, 4) is 0 Å². The predicted molar refractivity (Wildman–Crippen MR) is 73.2 cm³/mol. The van der Waals surface area contributed by atoms with Gasteiger partial charge in [-0.2, -0.15) is 0 Å². The Morgan fingerprint density at radius 2 is 1.94 bits per heavy atom. The lowest BCUT2D eigenvalue weighted by Crippen LogP contribution is -2.12. The molecule has 0 heterocycles. The lowest BCUT2D eigenvalue weighted by atomic mass is 10.1. The van der Waals surface area contributed by atoms with Gasteiger partial charge in [0.1, 0.15) is 5.82 Å². The van der Waals surface area contributed by atoms with Crippen molar-refractivity contribution in [1.82, 2.24) is 0 Å². The largest absolute Gasteiger partial charge is 0.321 e. The Morgan fingerprint density at radius 3 is 2.61 bits per heavy atom. The van der Waals surface area contributed by atoms with Gasteiger partial charge in [0.05, 0.1) is 5.69 Å². The number of hydrogen-bond acceptors (Lipinski definition) is 1. The van der Waals surface area contributed by atoms with Crippen LogP contribution in [-0.4, -0.2) is 5.91 Å². The van der Waals surface area contributed by atoms with Gasteiger partial charge in [-0.25, -0.2) is 4.39 Å². The molecule has 0 aliphatic rings. The van der Waals surface area contributed by atoms with Crippen LogP contribution in [0.15, 0.2) is 46.9 Å². The summed E-state index contributed by atoms with van der Waals surface area (Å²) in [7, 11) is 0. The van der Waals surface area contributed by atoms with E-state index in [0.717, 1.165) is 4.47 Å². The Labute approximate surface area is 113 Å². The molecule has 0 atom stereocenters. The average Bonchev–Trinajstić information content (AvgIpc) is 2.31. The van der Waals surface area contributed by atoms with Crippen molar-refractivity contribution in [2.45, 2.75) is 6.92 Å². The molecule has 0 radical (unpaired) electrons. The number of carbonyl (C=O) groups excluding carboxylic acids is 1.